The van der Waals surface area contributed by atoms with Crippen LogP contribution in [0.25, 0.3) is 16.6 Å². The van der Waals surface area contributed by atoms with Gasteiger partial charge in [0.15, 0.2) is 0 Å². The van der Waals surface area contributed by atoms with E-state index in [4.69, 9.17) is 14.5 Å². The minimum Gasteiger partial charge on any atom is -0.465 e. The Morgan fingerprint density at radius 3 is 2.47 bits per heavy atom. The molecule has 192 valence electrons. The van der Waals surface area contributed by atoms with Crippen molar-refractivity contribution >= 4 is 28.8 Å². The van der Waals surface area contributed by atoms with Crippen molar-refractivity contribution in [2.75, 3.05) is 26.7 Å². The Morgan fingerprint density at radius 1 is 1.00 bits per heavy atom. The number of aromatic nitrogens is 2. The summed E-state index contributed by atoms with van der Waals surface area (Å²) in [4.78, 5) is 26.7. The van der Waals surface area contributed by atoms with Gasteiger partial charge in [-0.05, 0) is 91.0 Å². The molecule has 7 nitrogen and oxygen atoms in total. The largest absolute Gasteiger partial charge is 0.465 e. The van der Waals surface area contributed by atoms with Crippen LogP contribution in [0.3, 0.4) is 0 Å². The molecule has 38 heavy (non-hydrogen) atoms. The van der Waals surface area contributed by atoms with Crippen molar-refractivity contribution in [3.63, 3.8) is 0 Å². The molecule has 3 aromatic carbocycles. The maximum Gasteiger partial charge on any atom is 0.337 e. The lowest BCUT2D eigenvalue weighted by Crippen LogP contribution is -2.32. The molecular weight excluding hydrogens is 476 g/mol. The molecular formula is C31H30N4O3. The number of benzene rings is 3. The van der Waals surface area contributed by atoms with Crippen LogP contribution in [0.2, 0.25) is 0 Å². The van der Waals surface area contributed by atoms with Crippen LogP contribution in [-0.4, -0.2) is 53.8 Å². The molecule has 1 aromatic heterocycles. The molecule has 0 aliphatic carbocycles. The van der Waals surface area contributed by atoms with Crippen LogP contribution in [0.1, 0.15) is 46.1 Å². The molecule has 0 radical (unpaired) electrons. The van der Waals surface area contributed by atoms with E-state index in [9.17, 15) is 4.79 Å². The van der Waals surface area contributed by atoms with Gasteiger partial charge >= 0.3 is 5.97 Å². The van der Waals surface area contributed by atoms with Gasteiger partial charge in [-0.25, -0.2) is 9.78 Å². The Morgan fingerprint density at radius 2 is 1.76 bits per heavy atom. The van der Waals surface area contributed by atoms with Crippen molar-refractivity contribution in [1.82, 2.24) is 14.9 Å². The second-order valence-electron chi connectivity index (χ2n) is 9.83. The topological polar surface area (TPSA) is 79.8 Å². The van der Waals surface area contributed by atoms with Crippen molar-refractivity contribution in [3.05, 3.63) is 95.3 Å². The normalized spacial score (nSPS) is 16.1. The van der Waals surface area contributed by atoms with E-state index in [1.165, 1.54) is 23.8 Å². The van der Waals surface area contributed by atoms with Crippen molar-refractivity contribution in [2.45, 2.75) is 25.3 Å². The summed E-state index contributed by atoms with van der Waals surface area (Å²) in [6, 6.07) is 21.9. The van der Waals surface area contributed by atoms with E-state index >= 15 is 0 Å². The number of likely N-dealkylation sites (tertiary alicyclic amines) is 1. The van der Waals surface area contributed by atoms with Gasteiger partial charge in [0.1, 0.15) is 17.3 Å². The van der Waals surface area contributed by atoms with Crippen molar-refractivity contribution in [1.29, 1.82) is 0 Å². The van der Waals surface area contributed by atoms with Crippen LogP contribution in [0.5, 0.6) is 11.5 Å². The Balaban J connectivity index is 1.05. The number of esters is 1. The third-order valence-electron chi connectivity index (χ3n) is 7.37. The third kappa shape index (κ3) is 5.24. The minimum atomic E-state index is -0.293. The highest BCUT2D eigenvalue weighted by Gasteiger charge is 2.22. The first-order valence-corrected chi connectivity index (χ1v) is 13.0. The molecule has 7 heteroatoms. The first-order valence-electron chi connectivity index (χ1n) is 13.0. The Hall–Kier alpha value is -4.23. The Labute approximate surface area is 221 Å². The number of nitrogens with one attached hydrogen (secondary N) is 1. The molecule has 0 saturated carbocycles. The molecule has 0 amide bonds. The van der Waals surface area contributed by atoms with Gasteiger partial charge in [-0.15, -0.1) is 0 Å². The standard InChI is InChI=1S/C31H30N4O3/c1-37-31(36)24-4-2-21(3-5-24)23-13-16-35(17-14-23)20-30-33-28-11-10-27(18-29(28)34-30)38-26-8-6-22(7-9-26)25-12-15-32-19-25/h2-12,15,18,23H,13-14,16-17,19-20H2,1H3,(H,33,34). The van der Waals surface area contributed by atoms with E-state index < -0.39 is 0 Å². The summed E-state index contributed by atoms with van der Waals surface area (Å²) in [5.41, 5.74) is 6.19. The van der Waals surface area contributed by atoms with Gasteiger partial charge in [-0.2, -0.15) is 0 Å². The average Bonchev–Trinajstić information content (AvgIpc) is 3.64. The molecule has 0 bridgehead atoms. The number of hydrogen-bond acceptors (Lipinski definition) is 6. The van der Waals surface area contributed by atoms with Crippen LogP contribution in [0.15, 0.2) is 77.8 Å². The summed E-state index contributed by atoms with van der Waals surface area (Å²) in [5.74, 6) is 2.76. The fourth-order valence-corrected chi connectivity index (χ4v) is 5.23. The van der Waals surface area contributed by atoms with Crippen molar-refractivity contribution in [3.8, 4) is 11.5 Å². The molecule has 6 rings (SSSR count). The summed E-state index contributed by atoms with van der Waals surface area (Å²) in [7, 11) is 1.41. The first-order chi connectivity index (χ1) is 18.6. The zero-order chi connectivity index (χ0) is 25.9. The number of aliphatic imine (C=N–C) groups is 1. The summed E-state index contributed by atoms with van der Waals surface area (Å²) < 4.78 is 10.9. The fraction of sp³-hybridized carbons (Fsp3) is 0.258. The number of piperidine rings is 1. The average molecular weight is 507 g/mol. The van der Waals surface area contributed by atoms with Crippen molar-refractivity contribution < 1.29 is 14.3 Å². The van der Waals surface area contributed by atoms with Gasteiger partial charge in [-0.1, -0.05) is 24.3 Å². The van der Waals surface area contributed by atoms with Gasteiger partial charge in [0, 0.05) is 12.3 Å². The number of rotatable bonds is 7. The molecule has 2 aliphatic heterocycles. The maximum absolute atomic E-state index is 11.7. The molecule has 2 aliphatic rings. The van der Waals surface area contributed by atoms with E-state index in [2.05, 4.69) is 39.1 Å². The fourth-order valence-electron chi connectivity index (χ4n) is 5.23. The summed E-state index contributed by atoms with van der Waals surface area (Å²) in [6.45, 7) is 3.55. The zero-order valence-corrected chi connectivity index (χ0v) is 21.4. The number of imidazole rings is 1. The van der Waals surface area contributed by atoms with Gasteiger partial charge in [-0.3, -0.25) is 9.89 Å². The molecule has 1 fully saturated rings. The SMILES string of the molecule is COC(=O)c1ccc(C2CCN(Cc3nc4ccc(Oc5ccc(C6=CC=NC6)cc5)cc4[nH]3)CC2)cc1. The number of H-pyrrole nitrogens is 1. The number of methoxy groups -OCH3 is 1. The number of allylic oxidation sites excluding steroid dienone is 1. The molecule has 0 unspecified atom stereocenters. The highest BCUT2D eigenvalue weighted by Crippen LogP contribution is 2.30. The second kappa shape index (κ2) is 10.6. The number of carbonyl (C=O) groups excluding carboxylic acids is 1. The molecule has 1 N–H and O–H groups in total. The van der Waals surface area contributed by atoms with Gasteiger partial charge in [0.05, 0.1) is 36.8 Å². The monoisotopic (exact) mass is 506 g/mol. The van der Waals surface area contributed by atoms with Crippen LogP contribution in [0, 0.1) is 0 Å². The van der Waals surface area contributed by atoms with Crippen LogP contribution >= 0.6 is 0 Å². The summed E-state index contributed by atoms with van der Waals surface area (Å²) in [5, 5.41) is 0. The highest BCUT2D eigenvalue weighted by molar-refractivity contribution is 5.90. The molecule has 0 spiro atoms. The predicted octanol–water partition coefficient (Wildman–Crippen LogP) is 5.99. The lowest BCUT2D eigenvalue weighted by atomic mass is 9.89. The van der Waals surface area contributed by atoms with Gasteiger partial charge in [0.2, 0.25) is 0 Å². The second-order valence-corrected chi connectivity index (χ2v) is 9.83. The number of ether oxygens (including phenoxy) is 2. The van der Waals surface area contributed by atoms with Gasteiger partial charge < -0.3 is 14.5 Å². The zero-order valence-electron chi connectivity index (χ0n) is 21.4. The lowest BCUT2D eigenvalue weighted by Gasteiger charge is -2.31. The number of aromatic amines is 1. The van der Waals surface area contributed by atoms with Crippen LogP contribution < -0.4 is 4.74 Å². The number of nitrogens with zero attached hydrogens (tertiary/aromatic N) is 3. The van der Waals surface area contributed by atoms with E-state index in [-0.39, 0.29) is 5.97 Å². The number of carbonyl (C=O) groups is 1. The third-order valence-corrected chi connectivity index (χ3v) is 7.37. The van der Waals surface area contributed by atoms with Gasteiger partial charge in [0.25, 0.3) is 0 Å². The first kappa shape index (κ1) is 24.1. The van der Waals surface area contributed by atoms with E-state index in [1.54, 1.807) is 0 Å². The maximum atomic E-state index is 11.7. The quantitative estimate of drug-likeness (QED) is 0.312. The van der Waals surface area contributed by atoms with E-state index in [0.717, 1.165) is 67.4 Å². The summed E-state index contributed by atoms with van der Waals surface area (Å²) in [6.07, 6.45) is 6.07. The Bertz CT molecular complexity index is 1490. The smallest absolute Gasteiger partial charge is 0.337 e. The molecule has 0 atom stereocenters. The Kier molecular flexibility index (Phi) is 6.75. The number of hydrogen-bond donors (Lipinski definition) is 1. The highest BCUT2D eigenvalue weighted by atomic mass is 16.5. The minimum absolute atomic E-state index is 0.293. The van der Waals surface area contributed by atoms with E-state index in [1.807, 2.05) is 54.8 Å². The summed E-state index contributed by atoms with van der Waals surface area (Å²) >= 11 is 0. The molecule has 3 heterocycles. The van der Waals surface area contributed by atoms with Crippen molar-refractivity contribution in [2.24, 2.45) is 4.99 Å². The lowest BCUT2D eigenvalue weighted by molar-refractivity contribution is 0.0600. The van der Waals surface area contributed by atoms with E-state index in [0.29, 0.717) is 11.5 Å². The molecule has 1 saturated heterocycles. The molecule has 4 aromatic rings. The predicted molar refractivity (Wildman–Crippen MR) is 149 cm³/mol. The van der Waals surface area contributed by atoms with Crippen LogP contribution in [0.4, 0.5) is 0 Å². The van der Waals surface area contributed by atoms with Crippen LogP contribution in [-0.2, 0) is 11.3 Å². The number of fused-ring (bicyclic) bond motifs is 1.